The lowest BCUT2D eigenvalue weighted by Gasteiger charge is -2.34. The number of methoxy groups -OCH3 is 1. The molecule has 0 radical (unpaired) electrons. The summed E-state index contributed by atoms with van der Waals surface area (Å²) in [6.07, 6.45) is 0.454. The van der Waals surface area contributed by atoms with Gasteiger partial charge >= 0.3 is 0 Å². The van der Waals surface area contributed by atoms with Gasteiger partial charge in [0.1, 0.15) is 0 Å². The minimum Gasteiger partial charge on any atom is -0.383 e. The van der Waals surface area contributed by atoms with Crippen LogP contribution < -0.4 is 0 Å². The summed E-state index contributed by atoms with van der Waals surface area (Å²) in [5, 5.41) is 0.702. The number of nitrogens with zero attached hydrogens (tertiary/aromatic N) is 2. The highest BCUT2D eigenvalue weighted by Crippen LogP contribution is 2.11. The fourth-order valence-electron chi connectivity index (χ4n) is 2.33. The number of halogens is 1. The predicted octanol–water partition coefficient (Wildman–Crippen LogP) is 1.67. The molecule has 5 heteroatoms. The maximum absolute atomic E-state index is 12.2. The highest BCUT2D eigenvalue weighted by molar-refractivity contribution is 6.30. The molecule has 0 N–H and O–H groups in total. The second kappa shape index (κ2) is 7.62. The molecule has 20 heavy (non-hydrogen) atoms. The van der Waals surface area contributed by atoms with E-state index < -0.39 is 0 Å². The van der Waals surface area contributed by atoms with E-state index in [1.807, 2.05) is 29.2 Å². The van der Waals surface area contributed by atoms with Gasteiger partial charge in [-0.15, -0.1) is 0 Å². The third-order valence-electron chi connectivity index (χ3n) is 3.61. The van der Waals surface area contributed by atoms with Crippen LogP contribution in [0.3, 0.4) is 0 Å². The van der Waals surface area contributed by atoms with Crippen LogP contribution in [0.2, 0.25) is 5.02 Å². The van der Waals surface area contributed by atoms with E-state index in [-0.39, 0.29) is 5.91 Å². The molecule has 1 amide bonds. The first-order valence-electron chi connectivity index (χ1n) is 6.92. The van der Waals surface area contributed by atoms with Crippen molar-refractivity contribution in [3.8, 4) is 0 Å². The summed E-state index contributed by atoms with van der Waals surface area (Å²) in [5.74, 6) is 0.193. The van der Waals surface area contributed by atoms with Crippen LogP contribution in [0, 0.1) is 0 Å². The zero-order valence-electron chi connectivity index (χ0n) is 11.8. The van der Waals surface area contributed by atoms with Gasteiger partial charge in [0.2, 0.25) is 5.91 Å². The van der Waals surface area contributed by atoms with E-state index in [1.165, 1.54) is 0 Å². The number of benzene rings is 1. The van der Waals surface area contributed by atoms with Crippen LogP contribution >= 0.6 is 11.6 Å². The van der Waals surface area contributed by atoms with E-state index in [1.54, 1.807) is 7.11 Å². The fourth-order valence-corrected chi connectivity index (χ4v) is 2.46. The largest absolute Gasteiger partial charge is 0.383 e. The Morgan fingerprint density at radius 1 is 1.20 bits per heavy atom. The summed E-state index contributed by atoms with van der Waals surface area (Å²) >= 11 is 5.84. The van der Waals surface area contributed by atoms with Crippen molar-refractivity contribution in [1.29, 1.82) is 0 Å². The molecule has 0 atom stereocenters. The van der Waals surface area contributed by atoms with Crippen molar-refractivity contribution in [1.82, 2.24) is 9.80 Å². The van der Waals surface area contributed by atoms with Crippen molar-refractivity contribution in [3.05, 3.63) is 34.9 Å². The number of amides is 1. The number of hydrogen-bond acceptors (Lipinski definition) is 3. The Balaban J connectivity index is 1.78. The zero-order chi connectivity index (χ0) is 14.4. The van der Waals surface area contributed by atoms with Gasteiger partial charge in [0, 0.05) is 44.9 Å². The van der Waals surface area contributed by atoms with Gasteiger partial charge in [-0.3, -0.25) is 9.69 Å². The van der Waals surface area contributed by atoms with Gasteiger partial charge in [0.15, 0.2) is 0 Å². The van der Waals surface area contributed by atoms with Crippen LogP contribution in [0.1, 0.15) is 5.56 Å². The van der Waals surface area contributed by atoms with E-state index in [4.69, 9.17) is 16.3 Å². The average molecular weight is 297 g/mol. The van der Waals surface area contributed by atoms with Gasteiger partial charge in [-0.2, -0.15) is 0 Å². The number of ether oxygens (including phenoxy) is 1. The second-order valence-corrected chi connectivity index (χ2v) is 5.45. The van der Waals surface area contributed by atoms with Crippen molar-refractivity contribution in [2.45, 2.75) is 6.42 Å². The molecule has 110 valence electrons. The van der Waals surface area contributed by atoms with Crippen LogP contribution in [0.15, 0.2) is 24.3 Å². The van der Waals surface area contributed by atoms with E-state index in [0.717, 1.165) is 44.9 Å². The highest BCUT2D eigenvalue weighted by Gasteiger charge is 2.20. The quantitative estimate of drug-likeness (QED) is 0.829. The summed E-state index contributed by atoms with van der Waals surface area (Å²) in [4.78, 5) is 16.5. The van der Waals surface area contributed by atoms with Gasteiger partial charge < -0.3 is 9.64 Å². The first kappa shape index (κ1) is 15.3. The average Bonchev–Trinajstić information content (AvgIpc) is 2.48. The SMILES string of the molecule is COCCN1CCN(C(=O)Cc2ccc(Cl)cc2)CC1. The minimum atomic E-state index is 0.193. The fraction of sp³-hybridized carbons (Fsp3) is 0.533. The Bertz CT molecular complexity index is 428. The van der Waals surface area contributed by atoms with Gasteiger partial charge in [-0.05, 0) is 17.7 Å². The molecule has 2 rings (SSSR count). The normalized spacial score (nSPS) is 16.4. The molecular formula is C15H21ClN2O2. The van der Waals surface area contributed by atoms with Gasteiger partial charge in [0.05, 0.1) is 13.0 Å². The smallest absolute Gasteiger partial charge is 0.227 e. The zero-order valence-corrected chi connectivity index (χ0v) is 12.6. The lowest BCUT2D eigenvalue weighted by Crippen LogP contribution is -2.49. The summed E-state index contributed by atoms with van der Waals surface area (Å²) in [6.45, 7) is 5.14. The van der Waals surface area contributed by atoms with Gasteiger partial charge in [0.25, 0.3) is 0 Å². The first-order valence-corrected chi connectivity index (χ1v) is 7.30. The molecule has 0 spiro atoms. The maximum atomic E-state index is 12.2. The molecule has 0 aromatic heterocycles. The van der Waals surface area contributed by atoms with Gasteiger partial charge in [-0.25, -0.2) is 0 Å². The predicted molar refractivity (Wildman–Crippen MR) is 80.1 cm³/mol. The van der Waals surface area contributed by atoms with E-state index in [0.29, 0.717) is 11.4 Å². The maximum Gasteiger partial charge on any atom is 0.227 e. The molecule has 0 aliphatic carbocycles. The van der Waals surface area contributed by atoms with Crippen LogP contribution in [-0.2, 0) is 16.0 Å². The van der Waals surface area contributed by atoms with E-state index in [2.05, 4.69) is 4.90 Å². The molecule has 1 aliphatic heterocycles. The summed E-state index contributed by atoms with van der Waals surface area (Å²) in [7, 11) is 1.71. The molecule has 1 heterocycles. The van der Waals surface area contributed by atoms with Gasteiger partial charge in [-0.1, -0.05) is 23.7 Å². The Kier molecular flexibility index (Phi) is 5.83. The van der Waals surface area contributed by atoms with E-state index >= 15 is 0 Å². The second-order valence-electron chi connectivity index (χ2n) is 5.02. The summed E-state index contributed by atoms with van der Waals surface area (Å²) in [6, 6.07) is 7.48. The van der Waals surface area contributed by atoms with Crippen molar-refractivity contribution >= 4 is 17.5 Å². The monoisotopic (exact) mass is 296 g/mol. The topological polar surface area (TPSA) is 32.8 Å². The lowest BCUT2D eigenvalue weighted by atomic mass is 10.1. The van der Waals surface area contributed by atoms with Crippen molar-refractivity contribution in [2.75, 3.05) is 46.4 Å². The molecule has 0 saturated carbocycles. The number of carbonyl (C=O) groups excluding carboxylic acids is 1. The van der Waals surface area contributed by atoms with Crippen molar-refractivity contribution in [2.24, 2.45) is 0 Å². The molecule has 1 aliphatic rings. The number of carbonyl (C=O) groups is 1. The summed E-state index contributed by atoms with van der Waals surface area (Å²) < 4.78 is 5.07. The summed E-state index contributed by atoms with van der Waals surface area (Å²) in [5.41, 5.74) is 1.02. The van der Waals surface area contributed by atoms with Crippen molar-refractivity contribution < 1.29 is 9.53 Å². The Morgan fingerprint density at radius 2 is 1.85 bits per heavy atom. The Labute approximate surface area is 125 Å². The molecule has 0 unspecified atom stereocenters. The molecular weight excluding hydrogens is 276 g/mol. The Hall–Kier alpha value is -1.10. The molecule has 4 nitrogen and oxygen atoms in total. The highest BCUT2D eigenvalue weighted by atomic mass is 35.5. The van der Waals surface area contributed by atoms with Crippen molar-refractivity contribution in [3.63, 3.8) is 0 Å². The van der Waals surface area contributed by atoms with E-state index in [9.17, 15) is 4.79 Å². The van der Waals surface area contributed by atoms with Crippen LogP contribution in [0.5, 0.6) is 0 Å². The standard InChI is InChI=1S/C15H21ClN2O2/c1-20-11-10-17-6-8-18(9-7-17)15(19)12-13-2-4-14(16)5-3-13/h2-5H,6-12H2,1H3. The number of rotatable bonds is 5. The molecule has 1 saturated heterocycles. The molecule has 1 fully saturated rings. The minimum absolute atomic E-state index is 0.193. The third-order valence-corrected chi connectivity index (χ3v) is 3.86. The lowest BCUT2D eigenvalue weighted by molar-refractivity contribution is -0.132. The Morgan fingerprint density at radius 3 is 2.45 bits per heavy atom. The molecule has 1 aromatic rings. The number of piperazine rings is 1. The third kappa shape index (κ3) is 4.47. The first-order chi connectivity index (χ1) is 9.69. The molecule has 1 aromatic carbocycles. The van der Waals surface area contributed by atoms with Crippen LogP contribution in [-0.4, -0.2) is 62.1 Å². The van der Waals surface area contributed by atoms with Crippen LogP contribution in [0.25, 0.3) is 0 Å². The van der Waals surface area contributed by atoms with Crippen LogP contribution in [0.4, 0.5) is 0 Å². The molecule has 0 bridgehead atoms. The number of hydrogen-bond donors (Lipinski definition) is 0.